The minimum absolute atomic E-state index is 0.00344. The van der Waals surface area contributed by atoms with Crippen LogP contribution in [0.2, 0.25) is 5.02 Å². The average molecular weight is 470 g/mol. The van der Waals surface area contributed by atoms with E-state index in [4.69, 9.17) is 11.6 Å². The second kappa shape index (κ2) is 10.7. The third-order valence-corrected chi connectivity index (χ3v) is 5.18. The first-order valence-corrected chi connectivity index (χ1v) is 10.9. The predicted octanol–water partition coefficient (Wildman–Crippen LogP) is 6.79. The molecule has 0 aliphatic heterocycles. The number of rotatable bonds is 6. The summed E-state index contributed by atoms with van der Waals surface area (Å²) in [6.07, 6.45) is 0. The minimum Gasteiger partial charge on any atom is -0.508 e. The molecule has 0 saturated heterocycles. The van der Waals surface area contributed by atoms with E-state index >= 15 is 0 Å². The molecule has 0 atom stereocenters. The molecular formula is C22H20ClN5O3S. The number of anilines is 3. The Hall–Kier alpha value is -3.56. The zero-order valence-corrected chi connectivity index (χ0v) is 18.8. The maximum absolute atomic E-state index is 11.0. The van der Waals surface area contributed by atoms with Gasteiger partial charge in [-0.25, -0.2) is 9.97 Å². The van der Waals surface area contributed by atoms with Crippen LogP contribution in [0.4, 0.5) is 23.0 Å². The number of fused-ring (bicyclic) bond motifs is 1. The van der Waals surface area contributed by atoms with E-state index in [0.717, 1.165) is 0 Å². The van der Waals surface area contributed by atoms with Crippen LogP contribution in [0.15, 0.2) is 71.6 Å². The van der Waals surface area contributed by atoms with Crippen molar-refractivity contribution in [1.29, 1.82) is 0 Å². The van der Waals surface area contributed by atoms with Crippen molar-refractivity contribution >= 4 is 57.6 Å². The number of aromatic nitrogens is 2. The van der Waals surface area contributed by atoms with E-state index in [2.05, 4.69) is 20.0 Å². The zero-order chi connectivity index (χ0) is 23.1. The van der Waals surface area contributed by atoms with Gasteiger partial charge in [-0.15, -0.1) is 0 Å². The molecule has 32 heavy (non-hydrogen) atoms. The molecule has 0 fully saturated rings. The molecule has 8 nitrogen and oxygen atoms in total. The first-order valence-electron chi connectivity index (χ1n) is 9.69. The number of nitro benzene ring substituents is 1. The smallest absolute Gasteiger partial charge is 0.270 e. The fourth-order valence-electron chi connectivity index (χ4n) is 2.66. The van der Waals surface area contributed by atoms with Crippen molar-refractivity contribution in [2.24, 2.45) is 0 Å². The van der Waals surface area contributed by atoms with E-state index in [9.17, 15) is 15.2 Å². The Kier molecular flexibility index (Phi) is 7.69. The summed E-state index contributed by atoms with van der Waals surface area (Å²) in [6, 6.07) is 18.2. The molecule has 0 radical (unpaired) electrons. The third kappa shape index (κ3) is 5.57. The molecule has 3 N–H and O–H groups in total. The highest BCUT2D eigenvalue weighted by atomic mass is 35.5. The lowest BCUT2D eigenvalue weighted by atomic mass is 10.3. The summed E-state index contributed by atoms with van der Waals surface area (Å²) >= 11 is 7.39. The quantitative estimate of drug-likeness (QED) is 0.161. The number of nitrogens with zero attached hydrogens (tertiary/aromatic N) is 3. The van der Waals surface area contributed by atoms with E-state index in [0.29, 0.717) is 38.3 Å². The summed E-state index contributed by atoms with van der Waals surface area (Å²) in [5.41, 5.74) is 1.80. The van der Waals surface area contributed by atoms with E-state index in [1.54, 1.807) is 18.2 Å². The van der Waals surface area contributed by atoms with Crippen LogP contribution in [0.1, 0.15) is 13.8 Å². The number of aromatic hydroxyl groups is 1. The fraction of sp³-hybridized carbons (Fsp3) is 0.0909. The summed E-state index contributed by atoms with van der Waals surface area (Å²) in [5.74, 6) is 0.847. The highest BCUT2D eigenvalue weighted by Gasteiger charge is 2.13. The number of nitrogens with one attached hydrogen (secondary N) is 2. The van der Waals surface area contributed by atoms with Crippen molar-refractivity contribution in [3.05, 3.63) is 81.9 Å². The Morgan fingerprint density at radius 1 is 0.969 bits per heavy atom. The van der Waals surface area contributed by atoms with Crippen molar-refractivity contribution in [1.82, 2.24) is 9.97 Å². The van der Waals surface area contributed by atoms with Crippen LogP contribution in [-0.4, -0.2) is 20.0 Å². The van der Waals surface area contributed by atoms with Gasteiger partial charge in [0.25, 0.3) is 5.69 Å². The van der Waals surface area contributed by atoms with Crippen molar-refractivity contribution < 1.29 is 10.0 Å². The molecule has 1 heterocycles. The molecule has 10 heteroatoms. The van der Waals surface area contributed by atoms with Gasteiger partial charge in [-0.2, -0.15) is 0 Å². The molecule has 0 spiro atoms. The number of phenolic OH excluding ortho intramolecular Hbond substituents is 1. The molecule has 0 bridgehead atoms. The lowest BCUT2D eigenvalue weighted by molar-refractivity contribution is -0.385. The maximum Gasteiger partial charge on any atom is 0.270 e. The second-order valence-corrected chi connectivity index (χ2v) is 7.44. The SMILES string of the molecule is CC.O=[N+]([O-])c1cccc(SNc2nc3ccccc3nc2Nc2cc(O)ccc2Cl)c1. The molecular weight excluding hydrogens is 450 g/mol. The molecule has 3 aromatic carbocycles. The summed E-state index contributed by atoms with van der Waals surface area (Å²) in [4.78, 5) is 20.4. The summed E-state index contributed by atoms with van der Waals surface area (Å²) in [7, 11) is 0. The molecule has 1 aromatic heterocycles. The number of nitro groups is 1. The highest BCUT2D eigenvalue weighted by molar-refractivity contribution is 8.00. The van der Waals surface area contributed by atoms with E-state index < -0.39 is 4.92 Å². The summed E-state index contributed by atoms with van der Waals surface area (Å²) in [5, 5.41) is 24.3. The fourth-order valence-corrected chi connectivity index (χ4v) is 3.51. The molecule has 0 unspecified atom stereocenters. The molecule has 0 aliphatic rings. The van der Waals surface area contributed by atoms with Gasteiger partial charge in [0.2, 0.25) is 0 Å². The van der Waals surface area contributed by atoms with Gasteiger partial charge in [-0.1, -0.05) is 43.6 Å². The molecule has 4 rings (SSSR count). The zero-order valence-electron chi connectivity index (χ0n) is 17.2. The minimum atomic E-state index is -0.448. The number of benzene rings is 3. The molecule has 4 aromatic rings. The Bertz CT molecular complexity index is 1260. The van der Waals surface area contributed by atoms with Gasteiger partial charge in [0.15, 0.2) is 11.6 Å². The van der Waals surface area contributed by atoms with E-state index in [1.165, 1.54) is 36.2 Å². The molecule has 0 amide bonds. The topological polar surface area (TPSA) is 113 Å². The Balaban J connectivity index is 0.00000141. The summed E-state index contributed by atoms with van der Waals surface area (Å²) in [6.45, 7) is 4.00. The average Bonchev–Trinajstić information content (AvgIpc) is 2.81. The van der Waals surface area contributed by atoms with E-state index in [1.807, 2.05) is 38.1 Å². The number of non-ortho nitro benzene ring substituents is 1. The molecule has 0 saturated carbocycles. The lowest BCUT2D eigenvalue weighted by Gasteiger charge is -2.14. The largest absolute Gasteiger partial charge is 0.508 e. The Morgan fingerprint density at radius 3 is 2.34 bits per heavy atom. The molecule has 164 valence electrons. The first kappa shape index (κ1) is 23.1. The van der Waals surface area contributed by atoms with Gasteiger partial charge in [0.05, 0.1) is 26.7 Å². The second-order valence-electron chi connectivity index (χ2n) is 6.16. The lowest BCUT2D eigenvalue weighted by Crippen LogP contribution is -2.02. The normalized spacial score (nSPS) is 10.2. The first-order chi connectivity index (χ1) is 15.5. The van der Waals surface area contributed by atoms with E-state index in [-0.39, 0.29) is 11.4 Å². The van der Waals surface area contributed by atoms with Crippen molar-refractivity contribution in [2.75, 3.05) is 10.0 Å². The maximum atomic E-state index is 11.0. The van der Waals surface area contributed by atoms with Crippen LogP contribution in [0, 0.1) is 10.1 Å². The van der Waals surface area contributed by atoms with Crippen LogP contribution < -0.4 is 10.0 Å². The highest BCUT2D eigenvalue weighted by Crippen LogP contribution is 2.33. The Labute approximate surface area is 194 Å². The number of hydrogen-bond donors (Lipinski definition) is 3. The number of para-hydroxylation sites is 2. The van der Waals surface area contributed by atoms with Gasteiger partial charge in [-0.3, -0.25) is 10.1 Å². The number of phenols is 1. The van der Waals surface area contributed by atoms with Crippen LogP contribution in [-0.2, 0) is 0 Å². The van der Waals surface area contributed by atoms with Gasteiger partial charge in [-0.05, 0) is 42.3 Å². The van der Waals surface area contributed by atoms with Gasteiger partial charge >= 0.3 is 0 Å². The predicted molar refractivity (Wildman–Crippen MR) is 130 cm³/mol. The van der Waals surface area contributed by atoms with Crippen molar-refractivity contribution in [3.63, 3.8) is 0 Å². The molecule has 0 aliphatic carbocycles. The Morgan fingerprint density at radius 2 is 1.66 bits per heavy atom. The van der Waals surface area contributed by atoms with Crippen molar-refractivity contribution in [2.45, 2.75) is 18.7 Å². The van der Waals surface area contributed by atoms with Gasteiger partial charge < -0.3 is 15.1 Å². The standard InChI is InChI=1S/C20H14ClN5O3S.C2H6/c21-15-9-8-13(27)11-18(15)24-19-20(23-17-7-2-1-6-16(17)22-19)25-30-14-5-3-4-12(10-14)26(28)29;1-2/h1-11,27H,(H,22,24)(H,23,25);1-2H3. The van der Waals surface area contributed by atoms with Gasteiger partial charge in [0, 0.05) is 23.1 Å². The van der Waals surface area contributed by atoms with Crippen molar-refractivity contribution in [3.8, 4) is 5.75 Å². The summed E-state index contributed by atoms with van der Waals surface area (Å²) < 4.78 is 3.09. The van der Waals surface area contributed by atoms with Crippen LogP contribution in [0.5, 0.6) is 5.75 Å². The van der Waals surface area contributed by atoms with Crippen LogP contribution >= 0.6 is 23.5 Å². The number of hydrogen-bond acceptors (Lipinski definition) is 8. The van der Waals surface area contributed by atoms with Crippen LogP contribution in [0.3, 0.4) is 0 Å². The number of halogens is 1. The third-order valence-electron chi connectivity index (χ3n) is 4.07. The monoisotopic (exact) mass is 469 g/mol. The van der Waals surface area contributed by atoms with Gasteiger partial charge in [0.1, 0.15) is 5.75 Å². The van der Waals surface area contributed by atoms with Crippen LogP contribution in [0.25, 0.3) is 11.0 Å².